The maximum atomic E-state index is 9.25. The van der Waals surface area contributed by atoms with Gasteiger partial charge in [-0.25, -0.2) is 0 Å². The maximum Gasteiger partial charge on any atom is 0.154 e. The Kier molecular flexibility index (Phi) is 5.15. The summed E-state index contributed by atoms with van der Waals surface area (Å²) in [7, 11) is 0. The van der Waals surface area contributed by atoms with Crippen LogP contribution in [0.5, 0.6) is 5.75 Å². The second kappa shape index (κ2) is 6.43. The molecule has 1 N–H and O–H groups in total. The highest BCUT2D eigenvalue weighted by atomic mass is 16.6. The highest BCUT2D eigenvalue weighted by Gasteiger charge is 2.08. The molecule has 1 aromatic carbocycles. The van der Waals surface area contributed by atoms with Crippen LogP contribution < -0.4 is 4.74 Å². The second-order valence-electron chi connectivity index (χ2n) is 3.43. The van der Waals surface area contributed by atoms with Crippen molar-refractivity contribution in [3.63, 3.8) is 0 Å². The number of hydrogen-bond donors (Lipinski definition) is 1. The monoisotopic (exact) mass is 210 g/mol. The average Bonchev–Trinajstić information content (AvgIpc) is 2.27. The molecule has 0 bridgehead atoms. The van der Waals surface area contributed by atoms with Crippen LogP contribution in [0.4, 0.5) is 0 Å². The first-order valence-electron chi connectivity index (χ1n) is 5.23. The van der Waals surface area contributed by atoms with Gasteiger partial charge in [-0.3, -0.25) is 0 Å². The van der Waals surface area contributed by atoms with E-state index >= 15 is 0 Å². The third kappa shape index (κ3) is 4.81. The Morgan fingerprint density at radius 2 is 1.93 bits per heavy atom. The van der Waals surface area contributed by atoms with E-state index in [4.69, 9.17) is 9.47 Å². The molecule has 15 heavy (non-hydrogen) atoms. The maximum absolute atomic E-state index is 9.25. The van der Waals surface area contributed by atoms with Gasteiger partial charge in [-0.15, -0.1) is 0 Å². The minimum absolute atomic E-state index is 0.111. The topological polar surface area (TPSA) is 38.7 Å². The molecule has 3 nitrogen and oxygen atoms in total. The van der Waals surface area contributed by atoms with Gasteiger partial charge in [0.15, 0.2) is 6.29 Å². The molecule has 0 heterocycles. The Hall–Kier alpha value is -1.06. The summed E-state index contributed by atoms with van der Waals surface area (Å²) in [6.45, 7) is 4.19. The van der Waals surface area contributed by atoms with Gasteiger partial charge >= 0.3 is 0 Å². The summed E-state index contributed by atoms with van der Waals surface area (Å²) in [6.07, 6.45) is -0.213. The van der Waals surface area contributed by atoms with Gasteiger partial charge in [0.05, 0.1) is 6.10 Å². The number of aliphatic hydroxyl groups is 1. The van der Waals surface area contributed by atoms with E-state index in [1.165, 1.54) is 0 Å². The van der Waals surface area contributed by atoms with Gasteiger partial charge < -0.3 is 14.6 Å². The van der Waals surface area contributed by atoms with E-state index in [1.54, 1.807) is 0 Å². The first-order valence-corrected chi connectivity index (χ1v) is 5.23. The van der Waals surface area contributed by atoms with Crippen LogP contribution >= 0.6 is 0 Å². The fourth-order valence-electron chi connectivity index (χ4n) is 1.13. The molecule has 3 heteroatoms. The SMILES string of the molecule is CCC(O)OC(C)COc1ccccc1. The van der Waals surface area contributed by atoms with E-state index in [9.17, 15) is 5.11 Å². The Bertz CT molecular complexity index is 261. The number of benzene rings is 1. The largest absolute Gasteiger partial charge is 0.491 e. The number of para-hydroxylation sites is 1. The van der Waals surface area contributed by atoms with Gasteiger partial charge in [0, 0.05) is 0 Å². The summed E-state index contributed by atoms with van der Waals surface area (Å²) in [5.41, 5.74) is 0. The molecule has 1 aromatic rings. The quantitative estimate of drug-likeness (QED) is 0.731. The summed E-state index contributed by atoms with van der Waals surface area (Å²) in [6, 6.07) is 9.56. The van der Waals surface area contributed by atoms with Crippen molar-refractivity contribution in [2.24, 2.45) is 0 Å². The number of hydrogen-bond acceptors (Lipinski definition) is 3. The van der Waals surface area contributed by atoms with Crippen molar-refractivity contribution < 1.29 is 14.6 Å². The van der Waals surface area contributed by atoms with Gasteiger partial charge in [0.2, 0.25) is 0 Å². The second-order valence-corrected chi connectivity index (χ2v) is 3.43. The molecule has 0 saturated carbocycles. The van der Waals surface area contributed by atoms with Gasteiger partial charge in [-0.2, -0.15) is 0 Å². The molecule has 0 amide bonds. The summed E-state index contributed by atoms with van der Waals surface area (Å²) in [4.78, 5) is 0. The number of ether oxygens (including phenoxy) is 2. The van der Waals surface area contributed by atoms with Crippen molar-refractivity contribution in [1.82, 2.24) is 0 Å². The lowest BCUT2D eigenvalue weighted by molar-refractivity contribution is -0.139. The molecule has 0 aliphatic heterocycles. The van der Waals surface area contributed by atoms with E-state index < -0.39 is 6.29 Å². The number of aliphatic hydroxyl groups excluding tert-OH is 1. The van der Waals surface area contributed by atoms with Gasteiger partial charge in [0.1, 0.15) is 12.4 Å². The molecular weight excluding hydrogens is 192 g/mol. The Balaban J connectivity index is 2.25. The molecule has 0 spiro atoms. The molecule has 84 valence electrons. The molecule has 2 unspecified atom stereocenters. The lowest BCUT2D eigenvalue weighted by atomic mass is 10.3. The Labute approximate surface area is 90.6 Å². The Morgan fingerprint density at radius 1 is 1.27 bits per heavy atom. The van der Waals surface area contributed by atoms with Crippen LogP contribution in [0.25, 0.3) is 0 Å². The van der Waals surface area contributed by atoms with Crippen LogP contribution in [0.15, 0.2) is 30.3 Å². The van der Waals surface area contributed by atoms with Crippen LogP contribution in [-0.4, -0.2) is 24.1 Å². The van der Waals surface area contributed by atoms with Crippen LogP contribution in [0, 0.1) is 0 Å². The lowest BCUT2D eigenvalue weighted by Gasteiger charge is -2.17. The molecule has 0 fully saturated rings. The number of rotatable bonds is 6. The standard InChI is InChI=1S/C12H18O3/c1-3-12(13)15-10(2)9-14-11-7-5-4-6-8-11/h4-8,10,12-13H,3,9H2,1-2H3. The van der Waals surface area contributed by atoms with Crippen molar-refractivity contribution in [3.8, 4) is 5.75 Å². The molecule has 1 rings (SSSR count). The third-order valence-electron chi connectivity index (χ3n) is 1.97. The molecule has 0 radical (unpaired) electrons. The van der Waals surface area contributed by atoms with Crippen LogP contribution in [0.3, 0.4) is 0 Å². The van der Waals surface area contributed by atoms with Crippen molar-refractivity contribution in [3.05, 3.63) is 30.3 Å². The van der Waals surface area contributed by atoms with E-state index in [2.05, 4.69) is 0 Å². The molecule has 0 aliphatic carbocycles. The molecule has 2 atom stereocenters. The van der Waals surface area contributed by atoms with Gasteiger partial charge in [0.25, 0.3) is 0 Å². The van der Waals surface area contributed by atoms with Crippen LogP contribution in [0.1, 0.15) is 20.3 Å². The molecule has 0 saturated heterocycles. The summed E-state index contributed by atoms with van der Waals surface area (Å²) < 4.78 is 10.7. The first-order chi connectivity index (χ1) is 7.22. The zero-order chi connectivity index (χ0) is 11.1. The fraction of sp³-hybridized carbons (Fsp3) is 0.500. The molecular formula is C12H18O3. The summed E-state index contributed by atoms with van der Waals surface area (Å²) in [5, 5.41) is 9.25. The van der Waals surface area contributed by atoms with Gasteiger partial charge in [-0.05, 0) is 25.5 Å². The summed E-state index contributed by atoms with van der Waals surface area (Å²) >= 11 is 0. The smallest absolute Gasteiger partial charge is 0.154 e. The predicted molar refractivity (Wildman–Crippen MR) is 58.8 cm³/mol. The Morgan fingerprint density at radius 3 is 2.53 bits per heavy atom. The average molecular weight is 210 g/mol. The van der Waals surface area contributed by atoms with Crippen molar-refractivity contribution >= 4 is 0 Å². The lowest BCUT2D eigenvalue weighted by Crippen LogP contribution is -2.24. The van der Waals surface area contributed by atoms with Gasteiger partial charge in [-0.1, -0.05) is 25.1 Å². The highest BCUT2D eigenvalue weighted by molar-refractivity contribution is 5.20. The third-order valence-corrected chi connectivity index (χ3v) is 1.97. The minimum Gasteiger partial charge on any atom is -0.491 e. The molecule has 0 aliphatic rings. The fourth-order valence-corrected chi connectivity index (χ4v) is 1.13. The zero-order valence-electron chi connectivity index (χ0n) is 9.22. The highest BCUT2D eigenvalue weighted by Crippen LogP contribution is 2.09. The first kappa shape index (κ1) is 12.0. The normalized spacial score (nSPS) is 14.6. The van der Waals surface area contributed by atoms with E-state index in [0.29, 0.717) is 13.0 Å². The molecule has 0 aromatic heterocycles. The van der Waals surface area contributed by atoms with Crippen molar-refractivity contribution in [2.75, 3.05) is 6.61 Å². The van der Waals surface area contributed by atoms with Crippen molar-refractivity contribution in [1.29, 1.82) is 0 Å². The summed E-state index contributed by atoms with van der Waals surface area (Å²) in [5.74, 6) is 0.818. The van der Waals surface area contributed by atoms with E-state index in [1.807, 2.05) is 44.2 Å². The van der Waals surface area contributed by atoms with E-state index in [0.717, 1.165) is 5.75 Å². The predicted octanol–water partition coefficient (Wildman–Crippen LogP) is 2.20. The van der Waals surface area contributed by atoms with Crippen molar-refractivity contribution in [2.45, 2.75) is 32.7 Å². The van der Waals surface area contributed by atoms with Crippen LogP contribution in [-0.2, 0) is 4.74 Å². The zero-order valence-corrected chi connectivity index (χ0v) is 9.22. The van der Waals surface area contributed by atoms with Crippen LogP contribution in [0.2, 0.25) is 0 Å². The van der Waals surface area contributed by atoms with E-state index in [-0.39, 0.29) is 6.10 Å². The minimum atomic E-state index is -0.695.